The van der Waals surface area contributed by atoms with Gasteiger partial charge >= 0.3 is 0 Å². The molecule has 1 N–H and O–H groups in total. The van der Waals surface area contributed by atoms with Crippen molar-refractivity contribution in [3.05, 3.63) is 0 Å². The maximum atomic E-state index is 3.80. The fourth-order valence-electron chi connectivity index (χ4n) is 2.98. The van der Waals surface area contributed by atoms with E-state index < -0.39 is 0 Å². The van der Waals surface area contributed by atoms with Crippen LogP contribution in [0.25, 0.3) is 0 Å². The van der Waals surface area contributed by atoms with Crippen LogP contribution in [0.1, 0.15) is 90.9 Å². The van der Waals surface area contributed by atoms with E-state index in [0.717, 1.165) is 0 Å². The highest BCUT2D eigenvalue weighted by Crippen LogP contribution is 2.27. The molecule has 0 atom stereocenters. The van der Waals surface area contributed by atoms with E-state index in [1.807, 2.05) is 0 Å². The Labute approximate surface area is 109 Å². The molecule has 0 aromatic carbocycles. The highest BCUT2D eigenvalue weighted by atomic mass is 15.0. The average Bonchev–Trinajstić information content (AvgIpc) is 2.33. The second kappa shape index (κ2) is 8.97. The van der Waals surface area contributed by atoms with Crippen LogP contribution in [0.4, 0.5) is 0 Å². The molecule has 0 heterocycles. The molecule has 1 nitrogen and oxygen atoms in total. The Bertz CT molecular complexity index is 170. The molecular formula is C16H33N. The van der Waals surface area contributed by atoms with Gasteiger partial charge in [0, 0.05) is 5.54 Å². The van der Waals surface area contributed by atoms with Crippen LogP contribution in [-0.2, 0) is 0 Å². The third-order valence-electron chi connectivity index (χ3n) is 4.29. The highest BCUT2D eigenvalue weighted by molar-refractivity contribution is 4.85. The lowest BCUT2D eigenvalue weighted by molar-refractivity contribution is 0.253. The molecule has 1 rings (SSSR count). The molecule has 102 valence electrons. The zero-order valence-electron chi connectivity index (χ0n) is 12.2. The Hall–Kier alpha value is -0.0400. The average molecular weight is 239 g/mol. The molecule has 1 heteroatoms. The molecule has 1 saturated carbocycles. The summed E-state index contributed by atoms with van der Waals surface area (Å²) in [6.45, 7) is 5.95. The van der Waals surface area contributed by atoms with Crippen LogP contribution in [0.2, 0.25) is 0 Å². The van der Waals surface area contributed by atoms with Gasteiger partial charge in [-0.1, -0.05) is 64.7 Å². The monoisotopic (exact) mass is 239 g/mol. The minimum absolute atomic E-state index is 0.473. The van der Waals surface area contributed by atoms with Gasteiger partial charge in [-0.15, -0.1) is 0 Å². The van der Waals surface area contributed by atoms with Crippen molar-refractivity contribution in [3.8, 4) is 0 Å². The van der Waals surface area contributed by atoms with Gasteiger partial charge in [0.15, 0.2) is 0 Å². The maximum absolute atomic E-state index is 3.80. The minimum Gasteiger partial charge on any atom is -0.312 e. The fourth-order valence-corrected chi connectivity index (χ4v) is 2.98. The molecule has 0 amide bonds. The first-order valence-corrected chi connectivity index (χ1v) is 8.02. The second-order valence-corrected chi connectivity index (χ2v) is 6.17. The number of unbranched alkanes of at least 4 members (excludes halogenated alkanes) is 6. The molecule has 1 aliphatic rings. The fraction of sp³-hybridized carbons (Fsp3) is 1.00. The van der Waals surface area contributed by atoms with E-state index in [-0.39, 0.29) is 0 Å². The van der Waals surface area contributed by atoms with Crippen LogP contribution in [0.5, 0.6) is 0 Å². The molecule has 0 spiro atoms. The Kier molecular flexibility index (Phi) is 7.92. The molecule has 0 bridgehead atoms. The number of hydrogen-bond donors (Lipinski definition) is 1. The molecule has 1 fully saturated rings. The van der Waals surface area contributed by atoms with Crippen molar-refractivity contribution in [2.75, 3.05) is 6.54 Å². The standard InChI is InChI=1S/C16H33N/c1-3-4-5-6-7-8-12-15-17-16(2)13-10-9-11-14-16/h17H,3-15H2,1-2H3. The zero-order chi connectivity index (χ0) is 12.4. The summed E-state index contributed by atoms with van der Waals surface area (Å²) in [5, 5.41) is 3.80. The molecule has 0 aromatic rings. The Morgan fingerprint density at radius 3 is 2.06 bits per heavy atom. The molecule has 0 unspecified atom stereocenters. The number of rotatable bonds is 9. The van der Waals surface area contributed by atoms with Crippen LogP contribution in [0.15, 0.2) is 0 Å². The van der Waals surface area contributed by atoms with Crippen LogP contribution >= 0.6 is 0 Å². The normalized spacial score (nSPS) is 19.4. The molecule has 1 aliphatic carbocycles. The summed E-state index contributed by atoms with van der Waals surface area (Å²) in [6.07, 6.45) is 17.0. The summed E-state index contributed by atoms with van der Waals surface area (Å²) in [4.78, 5) is 0. The van der Waals surface area contributed by atoms with Crippen molar-refractivity contribution in [2.45, 2.75) is 96.4 Å². The third-order valence-corrected chi connectivity index (χ3v) is 4.29. The second-order valence-electron chi connectivity index (χ2n) is 6.17. The summed E-state index contributed by atoms with van der Waals surface area (Å²) in [7, 11) is 0. The van der Waals surface area contributed by atoms with Crippen LogP contribution in [-0.4, -0.2) is 12.1 Å². The van der Waals surface area contributed by atoms with Crippen molar-refractivity contribution in [1.29, 1.82) is 0 Å². The lowest BCUT2D eigenvalue weighted by atomic mass is 9.83. The van der Waals surface area contributed by atoms with Crippen LogP contribution in [0.3, 0.4) is 0 Å². The summed E-state index contributed by atoms with van der Waals surface area (Å²) < 4.78 is 0. The van der Waals surface area contributed by atoms with Crippen molar-refractivity contribution >= 4 is 0 Å². The SMILES string of the molecule is CCCCCCCCCNC1(C)CCCCC1. The molecule has 0 radical (unpaired) electrons. The van der Waals surface area contributed by atoms with Gasteiger partial charge in [0.1, 0.15) is 0 Å². The first-order valence-electron chi connectivity index (χ1n) is 8.02. The predicted octanol–water partition coefficient (Wildman–Crippen LogP) is 5.05. The maximum Gasteiger partial charge on any atom is 0.0153 e. The zero-order valence-corrected chi connectivity index (χ0v) is 12.2. The Morgan fingerprint density at radius 2 is 1.41 bits per heavy atom. The first kappa shape index (κ1) is 15.0. The molecule has 0 aliphatic heterocycles. The van der Waals surface area contributed by atoms with Crippen LogP contribution < -0.4 is 5.32 Å². The lowest BCUT2D eigenvalue weighted by Crippen LogP contribution is -2.44. The lowest BCUT2D eigenvalue weighted by Gasteiger charge is -2.34. The van der Waals surface area contributed by atoms with E-state index in [1.165, 1.54) is 83.6 Å². The highest BCUT2D eigenvalue weighted by Gasteiger charge is 2.25. The van der Waals surface area contributed by atoms with Crippen LogP contribution in [0, 0.1) is 0 Å². The van der Waals surface area contributed by atoms with E-state index in [2.05, 4.69) is 19.2 Å². The Morgan fingerprint density at radius 1 is 0.824 bits per heavy atom. The molecule has 0 aromatic heterocycles. The third kappa shape index (κ3) is 7.08. The number of hydrogen-bond acceptors (Lipinski definition) is 1. The van der Waals surface area contributed by atoms with Gasteiger partial charge in [-0.05, 0) is 32.7 Å². The number of nitrogens with one attached hydrogen (secondary N) is 1. The van der Waals surface area contributed by atoms with E-state index in [0.29, 0.717) is 5.54 Å². The van der Waals surface area contributed by atoms with Gasteiger partial charge in [0.2, 0.25) is 0 Å². The van der Waals surface area contributed by atoms with Gasteiger partial charge in [0.05, 0.1) is 0 Å². The smallest absolute Gasteiger partial charge is 0.0153 e. The largest absolute Gasteiger partial charge is 0.312 e. The Balaban J connectivity index is 1.89. The topological polar surface area (TPSA) is 12.0 Å². The van der Waals surface area contributed by atoms with E-state index in [4.69, 9.17) is 0 Å². The minimum atomic E-state index is 0.473. The van der Waals surface area contributed by atoms with Gasteiger partial charge in [-0.2, -0.15) is 0 Å². The van der Waals surface area contributed by atoms with E-state index >= 15 is 0 Å². The van der Waals surface area contributed by atoms with Crippen molar-refractivity contribution in [2.24, 2.45) is 0 Å². The van der Waals surface area contributed by atoms with Crippen molar-refractivity contribution in [3.63, 3.8) is 0 Å². The van der Waals surface area contributed by atoms with Gasteiger partial charge in [0.25, 0.3) is 0 Å². The van der Waals surface area contributed by atoms with E-state index in [1.54, 1.807) is 0 Å². The molecule has 0 saturated heterocycles. The van der Waals surface area contributed by atoms with Crippen molar-refractivity contribution in [1.82, 2.24) is 5.32 Å². The van der Waals surface area contributed by atoms with Gasteiger partial charge in [-0.3, -0.25) is 0 Å². The van der Waals surface area contributed by atoms with E-state index in [9.17, 15) is 0 Å². The van der Waals surface area contributed by atoms with Crippen molar-refractivity contribution < 1.29 is 0 Å². The summed E-state index contributed by atoms with van der Waals surface area (Å²) in [6, 6.07) is 0. The first-order chi connectivity index (χ1) is 8.27. The van der Waals surface area contributed by atoms with Gasteiger partial charge < -0.3 is 5.32 Å². The molecule has 17 heavy (non-hydrogen) atoms. The predicted molar refractivity (Wildman–Crippen MR) is 77.5 cm³/mol. The van der Waals surface area contributed by atoms with Gasteiger partial charge in [-0.25, -0.2) is 0 Å². The quantitative estimate of drug-likeness (QED) is 0.555. The summed E-state index contributed by atoms with van der Waals surface area (Å²) in [5.41, 5.74) is 0.473. The molecular weight excluding hydrogens is 206 g/mol. The summed E-state index contributed by atoms with van der Waals surface area (Å²) in [5.74, 6) is 0. The summed E-state index contributed by atoms with van der Waals surface area (Å²) >= 11 is 0.